The van der Waals surface area contributed by atoms with Gasteiger partial charge in [0, 0.05) is 11.7 Å². The molecular formula is C14H20Cl2N2. The lowest BCUT2D eigenvalue weighted by Gasteiger charge is -2.20. The van der Waals surface area contributed by atoms with Gasteiger partial charge >= 0.3 is 0 Å². The van der Waals surface area contributed by atoms with E-state index in [1.807, 2.05) is 0 Å². The van der Waals surface area contributed by atoms with Crippen molar-refractivity contribution >= 4 is 34.6 Å². The minimum atomic E-state index is 0.466. The molecule has 0 spiro atoms. The van der Waals surface area contributed by atoms with E-state index in [0.29, 0.717) is 21.8 Å². The van der Waals surface area contributed by atoms with Crippen molar-refractivity contribution in [2.24, 2.45) is 5.92 Å². The van der Waals surface area contributed by atoms with E-state index in [4.69, 9.17) is 28.9 Å². The van der Waals surface area contributed by atoms with Crippen LogP contribution in [0.25, 0.3) is 0 Å². The summed E-state index contributed by atoms with van der Waals surface area (Å²) in [5.74, 6) is 0.828. The van der Waals surface area contributed by atoms with Crippen molar-refractivity contribution in [1.29, 1.82) is 0 Å². The molecule has 0 amide bonds. The number of nitrogen functional groups attached to an aromatic ring is 1. The van der Waals surface area contributed by atoms with Gasteiger partial charge in [-0.2, -0.15) is 0 Å². The molecule has 1 aromatic carbocycles. The smallest absolute Gasteiger partial charge is 0.0722 e. The number of hydrogen-bond acceptors (Lipinski definition) is 2. The Kier molecular flexibility index (Phi) is 4.63. The van der Waals surface area contributed by atoms with Gasteiger partial charge in [0.15, 0.2) is 0 Å². The molecule has 1 aromatic rings. The minimum absolute atomic E-state index is 0.466. The van der Waals surface area contributed by atoms with Crippen molar-refractivity contribution in [3.05, 3.63) is 22.2 Å². The highest BCUT2D eigenvalue weighted by molar-refractivity contribution is 6.39. The summed E-state index contributed by atoms with van der Waals surface area (Å²) in [5, 5.41) is 4.70. The zero-order chi connectivity index (χ0) is 13.1. The molecule has 4 heteroatoms. The van der Waals surface area contributed by atoms with Crippen molar-refractivity contribution in [3.8, 4) is 0 Å². The Morgan fingerprint density at radius 3 is 2.44 bits per heavy atom. The van der Waals surface area contributed by atoms with E-state index in [-0.39, 0.29) is 0 Å². The Hall–Kier alpha value is -0.600. The van der Waals surface area contributed by atoms with Gasteiger partial charge in [0.2, 0.25) is 0 Å². The first-order valence-corrected chi connectivity index (χ1v) is 7.33. The minimum Gasteiger partial charge on any atom is -0.399 e. The van der Waals surface area contributed by atoms with Gasteiger partial charge in [-0.15, -0.1) is 0 Å². The summed E-state index contributed by atoms with van der Waals surface area (Å²) in [4.78, 5) is 0. The van der Waals surface area contributed by atoms with Crippen LogP contribution in [0.1, 0.15) is 39.0 Å². The zero-order valence-electron chi connectivity index (χ0n) is 10.7. The van der Waals surface area contributed by atoms with E-state index in [1.165, 1.54) is 32.1 Å². The highest BCUT2D eigenvalue weighted by Gasteiger charge is 2.18. The maximum absolute atomic E-state index is 6.20. The quantitative estimate of drug-likeness (QED) is 0.596. The monoisotopic (exact) mass is 286 g/mol. The van der Waals surface area contributed by atoms with Gasteiger partial charge in [0.25, 0.3) is 0 Å². The first-order valence-electron chi connectivity index (χ1n) is 6.57. The molecule has 0 aromatic heterocycles. The Morgan fingerprint density at radius 1 is 1.11 bits per heavy atom. The van der Waals surface area contributed by atoms with E-state index in [2.05, 4.69) is 12.2 Å². The predicted octanol–water partition coefficient (Wildman–Crippen LogP) is 4.96. The molecule has 2 atom stereocenters. The summed E-state index contributed by atoms with van der Waals surface area (Å²) >= 11 is 12.4. The fraction of sp³-hybridized carbons (Fsp3) is 0.571. The normalized spacial score (nSPS) is 24.6. The van der Waals surface area contributed by atoms with Crippen LogP contribution in [0, 0.1) is 5.92 Å². The lowest BCUT2D eigenvalue weighted by Crippen LogP contribution is -2.19. The molecule has 1 saturated carbocycles. The Bertz CT molecular complexity index is 397. The van der Waals surface area contributed by atoms with Crippen LogP contribution in [-0.4, -0.2) is 6.04 Å². The molecule has 0 saturated heterocycles. The largest absolute Gasteiger partial charge is 0.399 e. The van der Waals surface area contributed by atoms with Crippen LogP contribution >= 0.6 is 23.2 Å². The first kappa shape index (κ1) is 13.8. The molecule has 1 fully saturated rings. The highest BCUT2D eigenvalue weighted by atomic mass is 35.5. The number of nitrogens with one attached hydrogen (secondary N) is 1. The molecule has 2 rings (SSSR count). The summed E-state index contributed by atoms with van der Waals surface area (Å²) < 4.78 is 0. The third-order valence-corrected chi connectivity index (χ3v) is 4.27. The predicted molar refractivity (Wildman–Crippen MR) is 80.5 cm³/mol. The molecule has 2 unspecified atom stereocenters. The number of anilines is 2. The molecule has 0 bridgehead atoms. The molecule has 1 aliphatic rings. The standard InChI is InChI=1S/C14H20Cl2N2/c1-9-3-2-4-11(6-5-9)18-14-12(15)7-10(17)8-13(14)16/h7-9,11,18H,2-6,17H2,1H3. The second-order valence-corrected chi connectivity index (χ2v) is 6.13. The van der Waals surface area contributed by atoms with Crippen LogP contribution in [0.15, 0.2) is 12.1 Å². The fourth-order valence-electron chi connectivity index (χ4n) is 2.57. The SMILES string of the molecule is CC1CCCC(Nc2c(Cl)cc(N)cc2Cl)CC1. The molecule has 3 N–H and O–H groups in total. The third-order valence-electron chi connectivity index (χ3n) is 3.67. The Morgan fingerprint density at radius 2 is 1.78 bits per heavy atom. The van der Waals surface area contributed by atoms with Gasteiger partial charge in [0.1, 0.15) is 0 Å². The average Bonchev–Trinajstić information content (AvgIpc) is 2.48. The van der Waals surface area contributed by atoms with Crippen LogP contribution < -0.4 is 11.1 Å². The zero-order valence-corrected chi connectivity index (χ0v) is 12.2. The summed E-state index contributed by atoms with van der Waals surface area (Å²) in [6, 6.07) is 3.96. The maximum atomic E-state index is 6.20. The van der Waals surface area contributed by atoms with Gasteiger partial charge in [-0.3, -0.25) is 0 Å². The lowest BCUT2D eigenvalue weighted by molar-refractivity contribution is 0.502. The van der Waals surface area contributed by atoms with E-state index in [0.717, 1.165) is 11.6 Å². The van der Waals surface area contributed by atoms with E-state index < -0.39 is 0 Å². The molecule has 18 heavy (non-hydrogen) atoms. The van der Waals surface area contributed by atoms with Crippen molar-refractivity contribution in [2.75, 3.05) is 11.1 Å². The van der Waals surface area contributed by atoms with Gasteiger partial charge in [-0.25, -0.2) is 0 Å². The van der Waals surface area contributed by atoms with Crippen LogP contribution in [0.4, 0.5) is 11.4 Å². The second kappa shape index (κ2) is 6.03. The highest BCUT2D eigenvalue weighted by Crippen LogP contribution is 2.35. The number of rotatable bonds is 2. The molecule has 0 heterocycles. The molecular weight excluding hydrogens is 267 g/mol. The van der Waals surface area contributed by atoms with Crippen LogP contribution in [0.5, 0.6) is 0 Å². The number of nitrogens with two attached hydrogens (primary N) is 1. The summed E-state index contributed by atoms with van der Waals surface area (Å²) in [5.41, 5.74) is 7.14. The summed E-state index contributed by atoms with van der Waals surface area (Å²) in [7, 11) is 0. The van der Waals surface area contributed by atoms with Crippen LogP contribution in [-0.2, 0) is 0 Å². The number of hydrogen-bond donors (Lipinski definition) is 2. The van der Waals surface area contributed by atoms with Crippen LogP contribution in [0.3, 0.4) is 0 Å². The summed E-state index contributed by atoms with van der Waals surface area (Å²) in [6.07, 6.45) is 6.21. The van der Waals surface area contributed by atoms with Crippen molar-refractivity contribution in [3.63, 3.8) is 0 Å². The second-order valence-electron chi connectivity index (χ2n) is 5.31. The van der Waals surface area contributed by atoms with E-state index >= 15 is 0 Å². The van der Waals surface area contributed by atoms with E-state index in [9.17, 15) is 0 Å². The molecule has 2 nitrogen and oxygen atoms in total. The maximum Gasteiger partial charge on any atom is 0.0722 e. The summed E-state index contributed by atoms with van der Waals surface area (Å²) in [6.45, 7) is 2.32. The average molecular weight is 287 g/mol. The number of benzene rings is 1. The third kappa shape index (κ3) is 3.46. The molecule has 0 aliphatic heterocycles. The van der Waals surface area contributed by atoms with Gasteiger partial charge in [-0.1, -0.05) is 43.0 Å². The fourth-order valence-corrected chi connectivity index (χ4v) is 3.18. The van der Waals surface area contributed by atoms with Gasteiger partial charge < -0.3 is 11.1 Å². The van der Waals surface area contributed by atoms with Crippen molar-refractivity contribution in [2.45, 2.75) is 45.1 Å². The van der Waals surface area contributed by atoms with Gasteiger partial charge in [0.05, 0.1) is 15.7 Å². The first-order chi connectivity index (χ1) is 8.56. The molecule has 100 valence electrons. The molecule has 1 aliphatic carbocycles. The van der Waals surface area contributed by atoms with E-state index in [1.54, 1.807) is 12.1 Å². The Balaban J connectivity index is 2.09. The van der Waals surface area contributed by atoms with Crippen molar-refractivity contribution in [1.82, 2.24) is 0 Å². The molecule has 0 radical (unpaired) electrons. The van der Waals surface area contributed by atoms with Crippen molar-refractivity contribution < 1.29 is 0 Å². The lowest BCUT2D eigenvalue weighted by atomic mass is 10.0. The number of halogens is 2. The van der Waals surface area contributed by atoms with Gasteiger partial charge in [-0.05, 0) is 37.3 Å². The van der Waals surface area contributed by atoms with Crippen LogP contribution in [0.2, 0.25) is 10.0 Å². The topological polar surface area (TPSA) is 38.0 Å². The Labute approximate surface area is 119 Å².